The normalized spacial score (nSPS) is 21.8. The predicted octanol–water partition coefficient (Wildman–Crippen LogP) is 3.38. The van der Waals surface area contributed by atoms with Gasteiger partial charge in [-0.15, -0.1) is 0 Å². The van der Waals surface area contributed by atoms with E-state index in [1.807, 2.05) is 6.79 Å². The van der Waals surface area contributed by atoms with E-state index in [2.05, 4.69) is 0 Å². The van der Waals surface area contributed by atoms with Crippen molar-refractivity contribution in [2.75, 3.05) is 39.6 Å². The molecule has 3 saturated heterocycles. The van der Waals surface area contributed by atoms with Crippen molar-refractivity contribution in [2.45, 2.75) is 57.8 Å². The molecule has 0 amide bonds. The van der Waals surface area contributed by atoms with Crippen LogP contribution >= 0.6 is 0 Å². The highest BCUT2D eigenvalue weighted by Gasteiger charge is 1.96. The first-order valence-electron chi connectivity index (χ1n) is 8.02. The second-order valence-corrected chi connectivity index (χ2v) is 5.02. The lowest BCUT2D eigenvalue weighted by Crippen LogP contribution is -2.03. The fourth-order valence-electron chi connectivity index (χ4n) is 2.06. The molecule has 0 unspecified atom stereocenters. The van der Waals surface area contributed by atoms with Crippen LogP contribution < -0.4 is 0 Å². The fourth-order valence-corrected chi connectivity index (χ4v) is 2.06. The first-order chi connectivity index (χ1) is 10.0. The summed E-state index contributed by atoms with van der Waals surface area (Å²) in [6, 6.07) is 0. The van der Waals surface area contributed by atoms with Gasteiger partial charge in [0, 0.05) is 39.6 Å². The third-order valence-electron chi connectivity index (χ3n) is 3.23. The largest absolute Gasteiger partial charge is 0.381 e. The summed E-state index contributed by atoms with van der Waals surface area (Å²) in [4.78, 5) is 8.00. The van der Waals surface area contributed by atoms with Crippen molar-refractivity contribution in [1.29, 1.82) is 0 Å². The van der Waals surface area contributed by atoms with Crippen LogP contribution in [0.25, 0.3) is 0 Å². The monoisotopic (exact) mass is 288 g/mol. The van der Waals surface area contributed by atoms with E-state index in [0.29, 0.717) is 0 Å². The number of carbonyl (C=O) groups excluding carboxylic acids is 1. The van der Waals surface area contributed by atoms with Gasteiger partial charge in [0.05, 0.1) is 0 Å². The van der Waals surface area contributed by atoms with E-state index in [4.69, 9.17) is 19.0 Å². The van der Waals surface area contributed by atoms with Gasteiger partial charge in [-0.25, -0.2) is 0 Å². The molecule has 0 aromatic heterocycles. The Labute approximate surface area is 124 Å². The minimum atomic E-state index is 1.00. The molecule has 3 rings (SSSR count). The van der Waals surface area contributed by atoms with Gasteiger partial charge in [-0.05, 0) is 57.8 Å². The second-order valence-electron chi connectivity index (χ2n) is 5.02. The molecular weight excluding hydrogens is 256 g/mol. The summed E-state index contributed by atoms with van der Waals surface area (Å²) in [5.74, 6) is 0. The lowest BCUT2D eigenvalue weighted by Gasteiger charge is -2.08. The first kappa shape index (κ1) is 19.6. The summed E-state index contributed by atoms with van der Waals surface area (Å²) >= 11 is 0. The van der Waals surface area contributed by atoms with E-state index in [1.54, 1.807) is 0 Å². The lowest BCUT2D eigenvalue weighted by molar-refractivity contribution is -0.0979. The lowest BCUT2D eigenvalue weighted by atomic mass is 10.2. The maximum atomic E-state index is 8.00. The molecule has 4 nitrogen and oxygen atoms in total. The number of ether oxygens (including phenoxy) is 3. The van der Waals surface area contributed by atoms with Crippen molar-refractivity contribution < 1.29 is 19.0 Å². The number of hydrogen-bond donors (Lipinski definition) is 0. The molecule has 3 heterocycles. The van der Waals surface area contributed by atoms with Gasteiger partial charge in [0.1, 0.15) is 6.79 Å². The number of rotatable bonds is 0. The molecule has 120 valence electrons. The molecule has 0 spiro atoms. The third kappa shape index (κ3) is 15.6. The van der Waals surface area contributed by atoms with Crippen LogP contribution in [0.1, 0.15) is 57.8 Å². The van der Waals surface area contributed by atoms with Crippen LogP contribution in [0.4, 0.5) is 0 Å². The minimum absolute atomic E-state index is 1.00. The summed E-state index contributed by atoms with van der Waals surface area (Å²) in [6.07, 6.45) is 11.8. The highest BCUT2D eigenvalue weighted by molar-refractivity contribution is 5.10. The van der Waals surface area contributed by atoms with Crippen molar-refractivity contribution >= 4 is 6.79 Å². The van der Waals surface area contributed by atoms with Crippen LogP contribution in [-0.4, -0.2) is 46.4 Å². The van der Waals surface area contributed by atoms with Gasteiger partial charge in [-0.1, -0.05) is 0 Å². The maximum Gasteiger partial charge on any atom is 0.106 e. The van der Waals surface area contributed by atoms with Crippen LogP contribution in [-0.2, 0) is 19.0 Å². The van der Waals surface area contributed by atoms with Gasteiger partial charge in [0.2, 0.25) is 0 Å². The molecule has 3 fully saturated rings. The van der Waals surface area contributed by atoms with Crippen LogP contribution in [0.15, 0.2) is 0 Å². The topological polar surface area (TPSA) is 44.8 Å². The molecule has 0 N–H and O–H groups in total. The molecule has 3 aliphatic heterocycles. The molecule has 3 aliphatic rings. The Morgan fingerprint density at radius 1 is 0.400 bits per heavy atom. The van der Waals surface area contributed by atoms with E-state index < -0.39 is 0 Å². The molecule has 0 aliphatic carbocycles. The second kappa shape index (κ2) is 18.6. The summed E-state index contributed by atoms with van der Waals surface area (Å²) in [5, 5.41) is 0. The van der Waals surface area contributed by atoms with Crippen LogP contribution in [0.2, 0.25) is 0 Å². The van der Waals surface area contributed by atoms with E-state index in [0.717, 1.165) is 39.6 Å². The Kier molecular flexibility index (Phi) is 18.1. The van der Waals surface area contributed by atoms with Gasteiger partial charge in [-0.2, -0.15) is 0 Å². The Balaban J connectivity index is 0.000000255. The quantitative estimate of drug-likeness (QED) is 0.685. The van der Waals surface area contributed by atoms with Crippen molar-refractivity contribution in [1.82, 2.24) is 0 Å². The molecule has 4 heteroatoms. The van der Waals surface area contributed by atoms with Crippen molar-refractivity contribution in [3.8, 4) is 0 Å². The van der Waals surface area contributed by atoms with Gasteiger partial charge in [-0.3, -0.25) is 0 Å². The molecule has 0 aromatic rings. The fraction of sp³-hybridized carbons (Fsp3) is 0.938. The third-order valence-corrected chi connectivity index (χ3v) is 3.23. The average Bonchev–Trinajstić information content (AvgIpc) is 2.62. The van der Waals surface area contributed by atoms with Crippen LogP contribution in [0.3, 0.4) is 0 Å². The van der Waals surface area contributed by atoms with Crippen LogP contribution in [0.5, 0.6) is 0 Å². The summed E-state index contributed by atoms with van der Waals surface area (Å²) in [5.41, 5.74) is 0. The maximum absolute atomic E-state index is 8.00. The number of hydrogen-bond acceptors (Lipinski definition) is 4. The van der Waals surface area contributed by atoms with Gasteiger partial charge >= 0.3 is 0 Å². The van der Waals surface area contributed by atoms with E-state index in [1.165, 1.54) is 57.8 Å². The van der Waals surface area contributed by atoms with Crippen molar-refractivity contribution in [2.24, 2.45) is 0 Å². The SMILES string of the molecule is C1CCOCC1.C1CCOCC1.C1CCOCC1.C=O. The standard InChI is InChI=1S/3C5H10O.CH2O/c3*1-2-4-6-5-3-1;1-2/h3*1-5H2;1H2. The van der Waals surface area contributed by atoms with Gasteiger partial charge in [0.25, 0.3) is 0 Å². The summed E-state index contributed by atoms with van der Waals surface area (Å²) in [6.45, 7) is 8.00. The Morgan fingerprint density at radius 3 is 0.650 bits per heavy atom. The Bertz CT molecular complexity index is 101. The number of carbonyl (C=O) groups is 1. The van der Waals surface area contributed by atoms with Crippen LogP contribution in [0, 0.1) is 0 Å². The average molecular weight is 288 g/mol. The zero-order valence-electron chi connectivity index (χ0n) is 12.9. The first-order valence-corrected chi connectivity index (χ1v) is 8.02. The zero-order chi connectivity index (χ0) is 14.7. The molecule has 0 atom stereocenters. The minimum Gasteiger partial charge on any atom is -0.381 e. The van der Waals surface area contributed by atoms with Crippen molar-refractivity contribution in [3.05, 3.63) is 0 Å². The smallest absolute Gasteiger partial charge is 0.106 e. The van der Waals surface area contributed by atoms with Crippen molar-refractivity contribution in [3.63, 3.8) is 0 Å². The highest BCUT2D eigenvalue weighted by atomic mass is 16.5. The zero-order valence-corrected chi connectivity index (χ0v) is 12.9. The van der Waals surface area contributed by atoms with E-state index >= 15 is 0 Å². The Hall–Kier alpha value is -0.450. The molecule has 0 aromatic carbocycles. The molecular formula is C16H32O4. The van der Waals surface area contributed by atoms with E-state index in [-0.39, 0.29) is 0 Å². The molecule has 0 radical (unpaired) electrons. The van der Waals surface area contributed by atoms with E-state index in [9.17, 15) is 0 Å². The predicted molar refractivity (Wildman–Crippen MR) is 81.1 cm³/mol. The Morgan fingerprint density at radius 2 is 0.600 bits per heavy atom. The van der Waals surface area contributed by atoms with Gasteiger partial charge in [0.15, 0.2) is 0 Å². The summed E-state index contributed by atoms with van der Waals surface area (Å²) in [7, 11) is 0. The van der Waals surface area contributed by atoms with Gasteiger partial charge < -0.3 is 19.0 Å². The molecule has 0 bridgehead atoms. The summed E-state index contributed by atoms with van der Waals surface area (Å²) < 4.78 is 15.2. The molecule has 20 heavy (non-hydrogen) atoms. The highest BCUT2D eigenvalue weighted by Crippen LogP contribution is 2.03. The molecule has 0 saturated carbocycles.